The number of rotatable bonds is 4. The third kappa shape index (κ3) is 3.10. The molecule has 0 saturated carbocycles. The van der Waals surface area contributed by atoms with Gasteiger partial charge in [0.05, 0.1) is 31.5 Å². The van der Waals surface area contributed by atoms with Crippen molar-refractivity contribution in [1.82, 2.24) is 19.9 Å². The first-order valence-corrected chi connectivity index (χ1v) is 6.68. The zero-order valence-corrected chi connectivity index (χ0v) is 11.5. The van der Waals surface area contributed by atoms with E-state index in [1.165, 1.54) is 0 Å². The Morgan fingerprint density at radius 1 is 1.63 bits per heavy atom. The fourth-order valence-electron chi connectivity index (χ4n) is 2.22. The van der Waals surface area contributed by atoms with Crippen LogP contribution in [0.4, 0.5) is 0 Å². The predicted molar refractivity (Wildman–Crippen MR) is 69.6 cm³/mol. The monoisotopic (exact) mass is 267 g/mol. The molecular weight excluding hydrogens is 246 g/mol. The van der Waals surface area contributed by atoms with Gasteiger partial charge in [-0.05, 0) is 13.3 Å². The highest BCUT2D eigenvalue weighted by Crippen LogP contribution is 2.16. The zero-order chi connectivity index (χ0) is 13.8. The van der Waals surface area contributed by atoms with Crippen LogP contribution >= 0.6 is 0 Å². The summed E-state index contributed by atoms with van der Waals surface area (Å²) >= 11 is 0. The minimum absolute atomic E-state index is 0.0610. The van der Waals surface area contributed by atoms with Crippen molar-refractivity contribution < 1.29 is 9.53 Å². The van der Waals surface area contributed by atoms with E-state index in [9.17, 15) is 4.79 Å². The van der Waals surface area contributed by atoms with E-state index in [1.807, 2.05) is 11.8 Å². The molecule has 2 atom stereocenters. The lowest BCUT2D eigenvalue weighted by atomic mass is 10.1. The molecule has 0 bridgehead atoms. The maximum Gasteiger partial charge on any atom is 0.276 e. The molecule has 1 aliphatic heterocycles. The number of nitrogens with two attached hydrogens (primary N) is 1. The maximum absolute atomic E-state index is 12.5. The van der Waals surface area contributed by atoms with Crippen molar-refractivity contribution in [1.29, 1.82) is 0 Å². The van der Waals surface area contributed by atoms with Crippen molar-refractivity contribution in [3.05, 3.63) is 11.9 Å². The van der Waals surface area contributed by atoms with Crippen molar-refractivity contribution in [2.45, 2.75) is 39.0 Å². The van der Waals surface area contributed by atoms with E-state index in [0.29, 0.717) is 31.9 Å². The van der Waals surface area contributed by atoms with Crippen LogP contribution in [0, 0.1) is 0 Å². The summed E-state index contributed by atoms with van der Waals surface area (Å²) in [6, 6.07) is 0.114. The molecule has 2 N–H and O–H groups in total. The largest absolute Gasteiger partial charge is 0.375 e. The number of hydrogen-bond acceptors (Lipinski definition) is 5. The Hall–Kier alpha value is -1.47. The lowest BCUT2D eigenvalue weighted by Crippen LogP contribution is -2.51. The van der Waals surface area contributed by atoms with E-state index in [4.69, 9.17) is 10.5 Å². The van der Waals surface area contributed by atoms with E-state index >= 15 is 0 Å². The van der Waals surface area contributed by atoms with Crippen molar-refractivity contribution in [3.8, 4) is 0 Å². The van der Waals surface area contributed by atoms with Gasteiger partial charge in [-0.1, -0.05) is 12.1 Å². The molecule has 2 rings (SSSR count). The first-order valence-electron chi connectivity index (χ1n) is 6.68. The number of carbonyl (C=O) groups excluding carboxylic acids is 1. The van der Waals surface area contributed by atoms with E-state index in [0.717, 1.165) is 6.42 Å². The number of nitrogens with zero attached hydrogens (tertiary/aromatic N) is 4. The lowest BCUT2D eigenvalue weighted by molar-refractivity contribution is -0.0446. The van der Waals surface area contributed by atoms with Gasteiger partial charge >= 0.3 is 0 Å². The van der Waals surface area contributed by atoms with Gasteiger partial charge in [0.2, 0.25) is 0 Å². The van der Waals surface area contributed by atoms with E-state index < -0.39 is 0 Å². The quantitative estimate of drug-likeness (QED) is 0.821. The molecule has 0 spiro atoms. The molecule has 1 aromatic heterocycles. The number of carbonyl (C=O) groups is 1. The molecule has 7 heteroatoms. The van der Waals surface area contributed by atoms with Gasteiger partial charge in [0.15, 0.2) is 5.69 Å². The summed E-state index contributed by atoms with van der Waals surface area (Å²) in [5.41, 5.74) is 5.83. The predicted octanol–water partition coefficient (Wildman–Crippen LogP) is -0.124. The second-order valence-electron chi connectivity index (χ2n) is 4.82. The highest BCUT2D eigenvalue weighted by molar-refractivity contribution is 5.92. The summed E-state index contributed by atoms with van der Waals surface area (Å²) in [7, 11) is 0. The Labute approximate surface area is 112 Å². The van der Waals surface area contributed by atoms with Gasteiger partial charge in [-0.15, -0.1) is 5.10 Å². The molecule has 0 aliphatic carbocycles. The molecule has 19 heavy (non-hydrogen) atoms. The van der Waals surface area contributed by atoms with E-state index in [2.05, 4.69) is 17.2 Å². The van der Waals surface area contributed by atoms with Crippen LogP contribution in [0.2, 0.25) is 0 Å². The van der Waals surface area contributed by atoms with Crippen LogP contribution < -0.4 is 5.73 Å². The SMILES string of the molecule is CCC1COC(C)CN1C(=O)c1cn(CCN)nn1. The zero-order valence-electron chi connectivity index (χ0n) is 11.5. The van der Waals surface area contributed by atoms with Gasteiger partial charge in [0.1, 0.15) is 0 Å². The van der Waals surface area contributed by atoms with Crippen LogP contribution in [0.15, 0.2) is 6.20 Å². The summed E-state index contributed by atoms with van der Waals surface area (Å²) in [6.07, 6.45) is 2.59. The van der Waals surface area contributed by atoms with Gasteiger partial charge in [-0.25, -0.2) is 0 Å². The van der Waals surface area contributed by atoms with Gasteiger partial charge in [-0.2, -0.15) is 0 Å². The van der Waals surface area contributed by atoms with Gasteiger partial charge in [0, 0.05) is 13.1 Å². The third-order valence-corrected chi connectivity index (χ3v) is 3.32. The summed E-state index contributed by atoms with van der Waals surface area (Å²) in [6.45, 7) is 6.24. The molecule has 1 fully saturated rings. The third-order valence-electron chi connectivity index (χ3n) is 3.32. The molecule has 7 nitrogen and oxygen atoms in total. The van der Waals surface area contributed by atoms with Crippen LogP contribution in [0.25, 0.3) is 0 Å². The number of morpholine rings is 1. The topological polar surface area (TPSA) is 86.3 Å². The highest BCUT2D eigenvalue weighted by Gasteiger charge is 2.31. The highest BCUT2D eigenvalue weighted by atomic mass is 16.5. The molecule has 106 valence electrons. The second-order valence-corrected chi connectivity index (χ2v) is 4.82. The maximum atomic E-state index is 12.5. The van der Waals surface area contributed by atoms with Gasteiger partial charge in [-0.3, -0.25) is 9.48 Å². The molecule has 1 saturated heterocycles. The minimum atomic E-state index is -0.0785. The Kier molecular flexibility index (Phi) is 4.49. The smallest absolute Gasteiger partial charge is 0.276 e. The van der Waals surface area contributed by atoms with Crippen molar-refractivity contribution in [2.75, 3.05) is 19.7 Å². The second kappa shape index (κ2) is 6.12. The van der Waals surface area contributed by atoms with Crippen LogP contribution in [0.3, 0.4) is 0 Å². The first kappa shape index (κ1) is 14.0. The van der Waals surface area contributed by atoms with Crippen molar-refractivity contribution in [2.24, 2.45) is 5.73 Å². The Morgan fingerprint density at radius 2 is 2.42 bits per heavy atom. The molecule has 0 aromatic carbocycles. The van der Waals surface area contributed by atoms with Crippen LogP contribution in [-0.2, 0) is 11.3 Å². The standard InChI is InChI=1S/C12H21N5O2/c1-3-10-8-19-9(2)6-17(10)12(18)11-7-16(5-4-13)15-14-11/h7,9-10H,3-6,8,13H2,1-2H3. The Bertz CT molecular complexity index is 434. The van der Waals surface area contributed by atoms with E-state index in [-0.39, 0.29) is 18.1 Å². The van der Waals surface area contributed by atoms with Gasteiger partial charge < -0.3 is 15.4 Å². The van der Waals surface area contributed by atoms with Crippen LogP contribution in [0.5, 0.6) is 0 Å². The summed E-state index contributed by atoms with van der Waals surface area (Å²) in [5, 5.41) is 7.83. The summed E-state index contributed by atoms with van der Waals surface area (Å²) in [4.78, 5) is 14.3. The first-order chi connectivity index (χ1) is 9.15. The molecule has 1 aromatic rings. The van der Waals surface area contributed by atoms with Crippen LogP contribution in [0.1, 0.15) is 30.8 Å². The molecule has 1 aliphatic rings. The number of ether oxygens (including phenoxy) is 1. The molecule has 2 unspecified atom stereocenters. The molecule has 0 radical (unpaired) electrons. The number of aromatic nitrogens is 3. The summed E-state index contributed by atoms with van der Waals surface area (Å²) < 4.78 is 7.19. The summed E-state index contributed by atoms with van der Waals surface area (Å²) in [5.74, 6) is -0.0785. The number of amides is 1. The molecule has 1 amide bonds. The van der Waals surface area contributed by atoms with E-state index in [1.54, 1.807) is 10.9 Å². The minimum Gasteiger partial charge on any atom is -0.375 e. The average molecular weight is 267 g/mol. The van der Waals surface area contributed by atoms with Crippen molar-refractivity contribution >= 4 is 5.91 Å². The molecular formula is C12H21N5O2. The Balaban J connectivity index is 2.11. The fourth-order valence-corrected chi connectivity index (χ4v) is 2.22. The molecule has 2 heterocycles. The van der Waals surface area contributed by atoms with Gasteiger partial charge in [0.25, 0.3) is 5.91 Å². The van der Waals surface area contributed by atoms with Crippen LogP contribution in [-0.4, -0.2) is 57.6 Å². The number of hydrogen-bond donors (Lipinski definition) is 1. The fraction of sp³-hybridized carbons (Fsp3) is 0.750. The normalized spacial score (nSPS) is 23.6. The van der Waals surface area contributed by atoms with Crippen molar-refractivity contribution in [3.63, 3.8) is 0 Å². The average Bonchev–Trinajstić information content (AvgIpc) is 2.87. The Morgan fingerprint density at radius 3 is 3.11 bits per heavy atom. The lowest BCUT2D eigenvalue weighted by Gasteiger charge is -2.37.